The Kier molecular flexibility index (Phi) is 2.80. The summed E-state index contributed by atoms with van der Waals surface area (Å²) in [6, 6.07) is 10.2. The fraction of sp³-hybridized carbons (Fsp3) is 0.214. The number of carbonyl (C=O) groups is 1. The monoisotopic (exact) mass is 259 g/mol. The number of rotatable bonds is 2. The smallest absolute Gasteiger partial charge is 0.336 e. The second-order valence-corrected chi connectivity index (χ2v) is 5.31. The summed E-state index contributed by atoms with van der Waals surface area (Å²) in [4.78, 5) is 13.1. The summed E-state index contributed by atoms with van der Waals surface area (Å²) >= 11 is 1.50. The summed E-state index contributed by atoms with van der Waals surface area (Å²) in [5.41, 5.74) is 3.13. The molecule has 2 heterocycles. The predicted octanol–water partition coefficient (Wildman–Crippen LogP) is 3.01. The molecular weight excluding hydrogens is 246 g/mol. The van der Waals surface area contributed by atoms with E-state index in [1.165, 1.54) is 22.5 Å². The van der Waals surface area contributed by atoms with Crippen LogP contribution in [0, 0.1) is 0 Å². The van der Waals surface area contributed by atoms with Gasteiger partial charge in [0, 0.05) is 18.5 Å². The number of benzene rings is 1. The standard InChI is InChI=1S/C14H13NO2S/c16-14(17)12-7-13(18-9-12)15-6-5-10-3-1-2-4-11(10)8-15/h1-4,7,9H,5-6,8H2,(H,16,17). The van der Waals surface area contributed by atoms with Gasteiger partial charge in [-0.1, -0.05) is 24.3 Å². The summed E-state index contributed by atoms with van der Waals surface area (Å²) in [6.07, 6.45) is 1.02. The molecule has 0 radical (unpaired) electrons. The number of nitrogens with zero attached hydrogens (tertiary/aromatic N) is 1. The van der Waals surface area contributed by atoms with Crippen LogP contribution in [0.5, 0.6) is 0 Å². The topological polar surface area (TPSA) is 40.5 Å². The van der Waals surface area contributed by atoms with E-state index in [4.69, 9.17) is 5.11 Å². The molecule has 0 aliphatic carbocycles. The maximum Gasteiger partial charge on any atom is 0.336 e. The van der Waals surface area contributed by atoms with Crippen LogP contribution < -0.4 is 4.90 Å². The van der Waals surface area contributed by atoms with E-state index < -0.39 is 5.97 Å². The van der Waals surface area contributed by atoms with E-state index in [0.29, 0.717) is 5.56 Å². The highest BCUT2D eigenvalue weighted by Crippen LogP contribution is 2.29. The van der Waals surface area contributed by atoms with Gasteiger partial charge < -0.3 is 10.0 Å². The molecule has 1 aromatic carbocycles. The second-order valence-electron chi connectivity index (χ2n) is 4.42. The maximum atomic E-state index is 10.9. The molecule has 0 amide bonds. The predicted molar refractivity (Wildman–Crippen MR) is 72.5 cm³/mol. The molecule has 2 aromatic rings. The van der Waals surface area contributed by atoms with E-state index in [9.17, 15) is 4.79 Å². The van der Waals surface area contributed by atoms with E-state index in [0.717, 1.165) is 24.5 Å². The number of carboxylic acid groups (broad SMARTS) is 1. The summed E-state index contributed by atoms with van der Waals surface area (Å²) < 4.78 is 0. The molecule has 92 valence electrons. The Bertz CT molecular complexity index is 591. The molecule has 3 rings (SSSR count). The third-order valence-electron chi connectivity index (χ3n) is 3.27. The molecule has 1 N–H and O–H groups in total. The van der Waals surface area contributed by atoms with Crippen LogP contribution in [0.3, 0.4) is 0 Å². The molecule has 0 atom stereocenters. The summed E-state index contributed by atoms with van der Waals surface area (Å²) in [5.74, 6) is -0.852. The molecule has 1 aromatic heterocycles. The van der Waals surface area contributed by atoms with Gasteiger partial charge in [-0.3, -0.25) is 0 Å². The van der Waals surface area contributed by atoms with Crippen molar-refractivity contribution in [2.24, 2.45) is 0 Å². The Morgan fingerprint density at radius 1 is 1.28 bits per heavy atom. The van der Waals surface area contributed by atoms with Gasteiger partial charge in [-0.2, -0.15) is 0 Å². The first-order valence-electron chi connectivity index (χ1n) is 5.87. The van der Waals surface area contributed by atoms with Gasteiger partial charge in [0.25, 0.3) is 0 Å². The van der Waals surface area contributed by atoms with Gasteiger partial charge in [-0.25, -0.2) is 4.79 Å². The molecule has 0 fully saturated rings. The normalized spacial score (nSPS) is 14.3. The lowest BCUT2D eigenvalue weighted by molar-refractivity contribution is 0.0697. The molecule has 4 heteroatoms. The molecule has 0 saturated heterocycles. The van der Waals surface area contributed by atoms with E-state index >= 15 is 0 Å². The van der Waals surface area contributed by atoms with Crippen LogP contribution in [0.25, 0.3) is 0 Å². The summed E-state index contributed by atoms with van der Waals surface area (Å²) in [7, 11) is 0. The van der Waals surface area contributed by atoms with Crippen molar-refractivity contribution in [1.82, 2.24) is 0 Å². The average Bonchev–Trinajstić information content (AvgIpc) is 2.88. The molecule has 0 unspecified atom stereocenters. The van der Waals surface area contributed by atoms with Crippen molar-refractivity contribution in [2.75, 3.05) is 11.4 Å². The third kappa shape index (κ3) is 1.99. The van der Waals surface area contributed by atoms with Crippen LogP contribution in [0.2, 0.25) is 0 Å². The highest BCUT2D eigenvalue weighted by molar-refractivity contribution is 7.14. The van der Waals surface area contributed by atoms with Gasteiger partial charge in [-0.15, -0.1) is 11.3 Å². The minimum absolute atomic E-state index is 0.383. The van der Waals surface area contributed by atoms with Gasteiger partial charge in [0.1, 0.15) is 0 Å². The lowest BCUT2D eigenvalue weighted by atomic mass is 10.0. The zero-order valence-corrected chi connectivity index (χ0v) is 10.6. The molecule has 3 nitrogen and oxygen atoms in total. The fourth-order valence-electron chi connectivity index (χ4n) is 2.29. The van der Waals surface area contributed by atoms with Gasteiger partial charge in [0.15, 0.2) is 0 Å². The lowest BCUT2D eigenvalue weighted by Gasteiger charge is -2.29. The van der Waals surface area contributed by atoms with Gasteiger partial charge in [-0.05, 0) is 23.6 Å². The molecule has 18 heavy (non-hydrogen) atoms. The highest BCUT2D eigenvalue weighted by atomic mass is 32.1. The van der Waals surface area contributed by atoms with Gasteiger partial charge in [0.2, 0.25) is 0 Å². The Balaban J connectivity index is 1.85. The Morgan fingerprint density at radius 2 is 2.06 bits per heavy atom. The zero-order chi connectivity index (χ0) is 12.5. The van der Waals surface area contributed by atoms with Crippen molar-refractivity contribution in [1.29, 1.82) is 0 Å². The van der Waals surface area contributed by atoms with Crippen molar-refractivity contribution >= 4 is 22.3 Å². The number of carboxylic acids is 1. The number of aromatic carboxylic acids is 1. The molecule has 0 saturated carbocycles. The average molecular weight is 259 g/mol. The van der Waals surface area contributed by atoms with E-state index in [2.05, 4.69) is 29.2 Å². The first kappa shape index (κ1) is 11.3. The minimum Gasteiger partial charge on any atom is -0.478 e. The fourth-order valence-corrected chi connectivity index (χ4v) is 3.20. The van der Waals surface area contributed by atoms with E-state index in [1.807, 2.05) is 0 Å². The molecule has 0 bridgehead atoms. The number of fused-ring (bicyclic) bond motifs is 1. The largest absolute Gasteiger partial charge is 0.478 e. The summed E-state index contributed by atoms with van der Waals surface area (Å²) in [6.45, 7) is 1.83. The van der Waals surface area contributed by atoms with Crippen LogP contribution in [0.4, 0.5) is 5.00 Å². The highest BCUT2D eigenvalue weighted by Gasteiger charge is 2.18. The molecule has 0 spiro atoms. The first-order valence-corrected chi connectivity index (χ1v) is 6.75. The van der Waals surface area contributed by atoms with Crippen LogP contribution in [-0.2, 0) is 13.0 Å². The molecule has 1 aliphatic rings. The maximum absolute atomic E-state index is 10.9. The van der Waals surface area contributed by atoms with Gasteiger partial charge in [0.05, 0.1) is 10.6 Å². The van der Waals surface area contributed by atoms with Crippen molar-refractivity contribution in [2.45, 2.75) is 13.0 Å². The molecular formula is C14H13NO2S. The Hall–Kier alpha value is -1.81. The number of thiophene rings is 1. The van der Waals surface area contributed by atoms with Crippen LogP contribution in [0.1, 0.15) is 21.5 Å². The number of hydrogen-bond donors (Lipinski definition) is 1. The minimum atomic E-state index is -0.852. The van der Waals surface area contributed by atoms with Crippen molar-refractivity contribution in [3.05, 3.63) is 52.4 Å². The van der Waals surface area contributed by atoms with Gasteiger partial charge >= 0.3 is 5.97 Å². The van der Waals surface area contributed by atoms with E-state index in [-0.39, 0.29) is 0 Å². The second kappa shape index (κ2) is 4.46. The number of anilines is 1. The van der Waals surface area contributed by atoms with Crippen molar-refractivity contribution in [3.8, 4) is 0 Å². The summed E-state index contributed by atoms with van der Waals surface area (Å²) in [5, 5.41) is 11.7. The van der Waals surface area contributed by atoms with Crippen LogP contribution in [-0.4, -0.2) is 17.6 Å². The van der Waals surface area contributed by atoms with Crippen LogP contribution >= 0.6 is 11.3 Å². The first-order chi connectivity index (χ1) is 8.74. The number of hydrogen-bond acceptors (Lipinski definition) is 3. The molecule has 1 aliphatic heterocycles. The quantitative estimate of drug-likeness (QED) is 0.901. The Morgan fingerprint density at radius 3 is 2.78 bits per heavy atom. The van der Waals surface area contributed by atoms with Crippen LogP contribution in [0.15, 0.2) is 35.7 Å². The lowest BCUT2D eigenvalue weighted by Crippen LogP contribution is -2.29. The SMILES string of the molecule is O=C(O)c1csc(N2CCc3ccccc3C2)c1. The Labute approximate surface area is 109 Å². The zero-order valence-electron chi connectivity index (χ0n) is 9.80. The van der Waals surface area contributed by atoms with Crippen molar-refractivity contribution in [3.63, 3.8) is 0 Å². The van der Waals surface area contributed by atoms with Crippen molar-refractivity contribution < 1.29 is 9.90 Å². The third-order valence-corrected chi connectivity index (χ3v) is 4.26. The van der Waals surface area contributed by atoms with E-state index in [1.54, 1.807) is 11.4 Å².